The molecule has 0 bridgehead atoms. The lowest BCUT2D eigenvalue weighted by molar-refractivity contribution is 0.475. The van der Waals surface area contributed by atoms with E-state index in [2.05, 4.69) is 5.32 Å². The summed E-state index contributed by atoms with van der Waals surface area (Å²) in [5, 5.41) is 12.3. The van der Waals surface area contributed by atoms with Crippen LogP contribution in [0, 0.1) is 0 Å². The van der Waals surface area contributed by atoms with Crippen molar-refractivity contribution in [1.82, 2.24) is 5.32 Å². The first-order valence-electron chi connectivity index (χ1n) is 5.06. The highest BCUT2D eigenvalue weighted by molar-refractivity contribution is 7.84. The van der Waals surface area contributed by atoms with Gasteiger partial charge in [0.05, 0.1) is 0 Å². The zero-order chi connectivity index (χ0) is 11.1. The van der Waals surface area contributed by atoms with Crippen molar-refractivity contribution in [2.24, 2.45) is 0 Å². The average Bonchev–Trinajstić information content (AvgIpc) is 2.26. The summed E-state index contributed by atoms with van der Waals surface area (Å²) in [5.74, 6) is 1.71. The van der Waals surface area contributed by atoms with Crippen molar-refractivity contribution in [2.45, 2.75) is 13.5 Å². The standard InChI is InChI=1S/C11H17NO2S/c1-2-15(14)8-7-12-9-10-3-5-11(13)6-4-10/h3-6,12-13H,2,7-9H2,1H3. The van der Waals surface area contributed by atoms with Crippen molar-refractivity contribution < 1.29 is 9.32 Å². The molecule has 0 aliphatic carbocycles. The van der Waals surface area contributed by atoms with Crippen LogP contribution in [-0.2, 0) is 17.3 Å². The first-order chi connectivity index (χ1) is 7.22. The van der Waals surface area contributed by atoms with E-state index in [1.807, 2.05) is 19.1 Å². The van der Waals surface area contributed by atoms with E-state index in [-0.39, 0.29) is 5.75 Å². The van der Waals surface area contributed by atoms with Gasteiger partial charge < -0.3 is 10.4 Å². The van der Waals surface area contributed by atoms with Crippen LogP contribution in [0.5, 0.6) is 5.75 Å². The van der Waals surface area contributed by atoms with E-state index in [9.17, 15) is 4.21 Å². The second kappa shape index (κ2) is 6.58. The van der Waals surface area contributed by atoms with Crippen molar-refractivity contribution in [3.63, 3.8) is 0 Å². The monoisotopic (exact) mass is 227 g/mol. The molecule has 1 unspecified atom stereocenters. The summed E-state index contributed by atoms with van der Waals surface area (Å²) >= 11 is 0. The molecule has 0 saturated heterocycles. The predicted octanol–water partition coefficient (Wildman–Crippen LogP) is 1.25. The quantitative estimate of drug-likeness (QED) is 0.719. The third-order valence-electron chi connectivity index (χ3n) is 2.09. The van der Waals surface area contributed by atoms with Crippen LogP contribution in [0.3, 0.4) is 0 Å². The Labute approximate surface area is 93.0 Å². The second-order valence-electron chi connectivity index (χ2n) is 3.28. The Balaban J connectivity index is 2.20. The number of rotatable bonds is 6. The van der Waals surface area contributed by atoms with E-state index in [0.29, 0.717) is 5.75 Å². The Morgan fingerprint density at radius 3 is 2.60 bits per heavy atom. The normalized spacial score (nSPS) is 12.6. The maximum atomic E-state index is 11.1. The van der Waals surface area contributed by atoms with Gasteiger partial charge in [-0.2, -0.15) is 0 Å². The van der Waals surface area contributed by atoms with E-state index in [4.69, 9.17) is 5.11 Å². The Kier molecular flexibility index (Phi) is 5.36. The van der Waals surface area contributed by atoms with Crippen LogP contribution in [0.1, 0.15) is 12.5 Å². The lowest BCUT2D eigenvalue weighted by atomic mass is 10.2. The molecule has 84 valence electrons. The SMILES string of the molecule is CCS(=O)CCNCc1ccc(O)cc1. The third-order valence-corrected chi connectivity index (χ3v) is 3.40. The van der Waals surface area contributed by atoms with Gasteiger partial charge in [-0.1, -0.05) is 19.1 Å². The van der Waals surface area contributed by atoms with Gasteiger partial charge in [0.15, 0.2) is 0 Å². The van der Waals surface area contributed by atoms with Gasteiger partial charge >= 0.3 is 0 Å². The van der Waals surface area contributed by atoms with Crippen molar-refractivity contribution in [3.8, 4) is 5.75 Å². The zero-order valence-electron chi connectivity index (χ0n) is 8.90. The summed E-state index contributed by atoms with van der Waals surface area (Å²) in [6.45, 7) is 3.44. The number of phenols is 1. The van der Waals surface area contributed by atoms with Crippen LogP contribution in [-0.4, -0.2) is 27.4 Å². The van der Waals surface area contributed by atoms with Crippen LogP contribution in [0.25, 0.3) is 0 Å². The molecule has 0 aromatic heterocycles. The van der Waals surface area contributed by atoms with Gasteiger partial charge in [0.2, 0.25) is 0 Å². The smallest absolute Gasteiger partial charge is 0.115 e. The summed E-state index contributed by atoms with van der Waals surface area (Å²) in [7, 11) is -0.691. The lowest BCUT2D eigenvalue weighted by Gasteiger charge is -2.04. The maximum absolute atomic E-state index is 11.1. The number of hydrogen-bond acceptors (Lipinski definition) is 3. The van der Waals surface area contributed by atoms with Crippen LogP contribution in [0.15, 0.2) is 24.3 Å². The average molecular weight is 227 g/mol. The molecular formula is C11H17NO2S. The van der Waals surface area contributed by atoms with Crippen LogP contribution in [0.2, 0.25) is 0 Å². The summed E-state index contributed by atoms with van der Waals surface area (Å²) < 4.78 is 11.1. The molecule has 0 aliphatic heterocycles. The maximum Gasteiger partial charge on any atom is 0.115 e. The minimum absolute atomic E-state index is 0.283. The molecule has 0 saturated carbocycles. The van der Waals surface area contributed by atoms with E-state index >= 15 is 0 Å². The number of nitrogens with one attached hydrogen (secondary N) is 1. The molecule has 0 fully saturated rings. The third kappa shape index (κ3) is 4.95. The largest absolute Gasteiger partial charge is 0.508 e. The van der Waals surface area contributed by atoms with E-state index < -0.39 is 10.8 Å². The summed E-state index contributed by atoms with van der Waals surface area (Å²) in [5.41, 5.74) is 1.12. The summed E-state index contributed by atoms with van der Waals surface area (Å²) in [4.78, 5) is 0. The summed E-state index contributed by atoms with van der Waals surface area (Å²) in [6, 6.07) is 7.08. The van der Waals surface area contributed by atoms with Gasteiger partial charge in [-0.25, -0.2) is 0 Å². The molecule has 4 heteroatoms. The van der Waals surface area contributed by atoms with Crippen LogP contribution < -0.4 is 5.32 Å². The molecule has 0 radical (unpaired) electrons. The van der Waals surface area contributed by atoms with Gasteiger partial charge in [-0.15, -0.1) is 0 Å². The lowest BCUT2D eigenvalue weighted by Crippen LogP contribution is -2.20. The van der Waals surface area contributed by atoms with E-state index in [1.54, 1.807) is 12.1 Å². The highest BCUT2D eigenvalue weighted by atomic mass is 32.2. The van der Waals surface area contributed by atoms with Gasteiger partial charge in [-0.3, -0.25) is 4.21 Å². The fourth-order valence-corrected chi connectivity index (χ4v) is 1.84. The van der Waals surface area contributed by atoms with Crippen molar-refractivity contribution in [3.05, 3.63) is 29.8 Å². The number of hydrogen-bond donors (Lipinski definition) is 2. The molecule has 1 rings (SSSR count). The summed E-state index contributed by atoms with van der Waals surface area (Å²) in [6.07, 6.45) is 0. The molecule has 0 spiro atoms. The predicted molar refractivity (Wildman–Crippen MR) is 63.4 cm³/mol. The van der Waals surface area contributed by atoms with Crippen molar-refractivity contribution in [2.75, 3.05) is 18.1 Å². The number of benzene rings is 1. The Morgan fingerprint density at radius 1 is 1.33 bits per heavy atom. The Bertz CT molecular complexity index is 311. The molecule has 1 atom stereocenters. The highest BCUT2D eigenvalue weighted by Crippen LogP contribution is 2.08. The van der Waals surface area contributed by atoms with Gasteiger partial charge in [0.25, 0.3) is 0 Å². The minimum atomic E-state index is -0.691. The van der Waals surface area contributed by atoms with Crippen molar-refractivity contribution >= 4 is 10.8 Å². The van der Waals surface area contributed by atoms with Gasteiger partial charge in [0, 0.05) is 35.4 Å². The van der Waals surface area contributed by atoms with E-state index in [1.165, 1.54) is 0 Å². The van der Waals surface area contributed by atoms with Gasteiger partial charge in [0.1, 0.15) is 5.75 Å². The molecule has 15 heavy (non-hydrogen) atoms. The van der Waals surface area contributed by atoms with Crippen LogP contribution >= 0.6 is 0 Å². The fraction of sp³-hybridized carbons (Fsp3) is 0.455. The van der Waals surface area contributed by atoms with E-state index in [0.717, 1.165) is 24.4 Å². The highest BCUT2D eigenvalue weighted by Gasteiger charge is 1.96. The Morgan fingerprint density at radius 2 is 2.00 bits per heavy atom. The molecule has 1 aromatic carbocycles. The molecule has 0 aliphatic rings. The molecule has 0 heterocycles. The molecule has 0 amide bonds. The second-order valence-corrected chi connectivity index (χ2v) is 5.14. The molecule has 3 nitrogen and oxygen atoms in total. The van der Waals surface area contributed by atoms with Crippen molar-refractivity contribution in [1.29, 1.82) is 0 Å². The zero-order valence-corrected chi connectivity index (χ0v) is 9.72. The first-order valence-corrected chi connectivity index (χ1v) is 6.54. The molecular weight excluding hydrogens is 210 g/mol. The topological polar surface area (TPSA) is 49.3 Å². The van der Waals surface area contributed by atoms with Crippen LogP contribution in [0.4, 0.5) is 0 Å². The number of phenolic OH excluding ortho intramolecular Hbond substituents is 1. The molecule has 1 aromatic rings. The minimum Gasteiger partial charge on any atom is -0.508 e. The molecule has 2 N–H and O–H groups in total. The fourth-order valence-electron chi connectivity index (χ4n) is 1.18. The van der Waals surface area contributed by atoms with Gasteiger partial charge in [-0.05, 0) is 17.7 Å². The number of aromatic hydroxyl groups is 1. The first kappa shape index (κ1) is 12.2. The Hall–Kier alpha value is -0.870.